The molecule has 3 aliphatic carbocycles. The van der Waals surface area contributed by atoms with Gasteiger partial charge in [-0.15, -0.1) is 35.5 Å². The minimum absolute atomic E-state index is 0.0693. The van der Waals surface area contributed by atoms with E-state index in [1.165, 1.54) is 96.3 Å². The normalized spacial score (nSPS) is 26.7. The number of hydrogen-bond acceptors (Lipinski definition) is 0. The van der Waals surface area contributed by atoms with Crippen LogP contribution in [-0.4, -0.2) is 0 Å². The van der Waals surface area contributed by atoms with E-state index in [4.69, 9.17) is 0 Å². The van der Waals surface area contributed by atoms with Gasteiger partial charge in [0.2, 0.25) is 0 Å². The Balaban J connectivity index is 2.34. The fourth-order valence-corrected chi connectivity index (χ4v) is 7.97. The van der Waals surface area contributed by atoms with E-state index in [0.717, 1.165) is 83.5 Å². The standard InChI is InChI=1S/C48H68/c1-4-7-10-13-15-23-32-41-47(44-35-26-18-16-19-27-36-44)42-33-25-22-31-40-45(37-28-17-12-9-6-3)48(47,43-34-24-14-11-8-5-2)46-38-29-20-21-30-39-46/h44-46H,4-26,29,31,35,38,40H2,1-3H3. The first-order valence-electron chi connectivity index (χ1n) is 20.7. The molecule has 5 atom stereocenters. The Bertz CT molecular complexity index is 1290. The monoisotopic (exact) mass is 645 g/mol. The summed E-state index contributed by atoms with van der Waals surface area (Å²) >= 11 is 0. The first kappa shape index (κ1) is 39.8. The Labute approximate surface area is 299 Å². The average molecular weight is 645 g/mol. The molecule has 0 heterocycles. The topological polar surface area (TPSA) is 0 Å². The predicted molar refractivity (Wildman–Crippen MR) is 208 cm³/mol. The van der Waals surface area contributed by atoms with Gasteiger partial charge in [0.05, 0.1) is 5.41 Å². The van der Waals surface area contributed by atoms with E-state index >= 15 is 0 Å². The molecule has 0 saturated carbocycles. The van der Waals surface area contributed by atoms with Crippen molar-refractivity contribution in [1.29, 1.82) is 0 Å². The average Bonchev–Trinajstić information content (AvgIpc) is 3.34. The lowest BCUT2D eigenvalue weighted by molar-refractivity contribution is 0.0667. The Morgan fingerprint density at radius 2 is 1.02 bits per heavy atom. The zero-order chi connectivity index (χ0) is 34.0. The van der Waals surface area contributed by atoms with Crippen LogP contribution in [-0.2, 0) is 0 Å². The highest BCUT2D eigenvalue weighted by molar-refractivity contribution is 5.46. The highest BCUT2D eigenvalue weighted by atomic mass is 14.6. The maximum absolute atomic E-state index is 4.17. The molecule has 0 aromatic rings. The first-order valence-corrected chi connectivity index (χ1v) is 20.7. The van der Waals surface area contributed by atoms with Gasteiger partial charge in [0.25, 0.3) is 0 Å². The summed E-state index contributed by atoms with van der Waals surface area (Å²) in [6, 6.07) is 0. The van der Waals surface area contributed by atoms with Crippen molar-refractivity contribution in [2.24, 2.45) is 28.6 Å². The Morgan fingerprint density at radius 1 is 0.500 bits per heavy atom. The second kappa shape index (κ2) is 24.5. The van der Waals surface area contributed by atoms with Gasteiger partial charge in [0.15, 0.2) is 0 Å². The fourth-order valence-electron chi connectivity index (χ4n) is 7.97. The van der Waals surface area contributed by atoms with E-state index in [9.17, 15) is 0 Å². The maximum Gasteiger partial charge on any atom is 0.124 e. The molecule has 3 aliphatic rings. The van der Waals surface area contributed by atoms with Crippen LogP contribution in [0.1, 0.15) is 201 Å². The second-order valence-corrected chi connectivity index (χ2v) is 14.7. The summed E-state index contributed by atoms with van der Waals surface area (Å²) in [5.74, 6) is 46.9. The van der Waals surface area contributed by atoms with Crippen molar-refractivity contribution in [1.82, 2.24) is 0 Å². The molecule has 5 unspecified atom stereocenters. The first-order chi connectivity index (χ1) is 23.7. The summed E-state index contributed by atoms with van der Waals surface area (Å²) in [6.45, 7) is 6.86. The number of hydrogen-bond donors (Lipinski definition) is 0. The largest absolute Gasteiger partial charge is 0.124 e. The zero-order valence-corrected chi connectivity index (χ0v) is 31.5. The summed E-state index contributed by atoms with van der Waals surface area (Å²) in [5.41, 5.74) is -1.20. The molecule has 0 nitrogen and oxygen atoms in total. The van der Waals surface area contributed by atoms with Crippen LogP contribution < -0.4 is 0 Å². The quantitative estimate of drug-likeness (QED) is 0.130. The molecular weight excluding hydrogens is 577 g/mol. The van der Waals surface area contributed by atoms with Crippen LogP contribution in [0.2, 0.25) is 0 Å². The summed E-state index contributed by atoms with van der Waals surface area (Å²) in [7, 11) is 0. The number of unbranched alkanes of at least 4 members (excludes halogenated alkanes) is 12. The molecule has 0 radical (unpaired) electrons. The van der Waals surface area contributed by atoms with Gasteiger partial charge in [-0.05, 0) is 57.8 Å². The van der Waals surface area contributed by atoms with Crippen molar-refractivity contribution in [3.05, 3.63) is 0 Å². The molecule has 0 heteroatoms. The lowest BCUT2D eigenvalue weighted by Gasteiger charge is -2.50. The number of rotatable bonds is 14. The molecule has 0 spiro atoms. The molecule has 0 N–H and O–H groups in total. The van der Waals surface area contributed by atoms with Gasteiger partial charge in [-0.25, -0.2) is 0 Å². The van der Waals surface area contributed by atoms with Crippen molar-refractivity contribution >= 4 is 0 Å². The zero-order valence-electron chi connectivity index (χ0n) is 31.5. The molecule has 3 rings (SSSR count). The van der Waals surface area contributed by atoms with E-state index in [0.29, 0.717) is 0 Å². The van der Waals surface area contributed by atoms with E-state index in [1.54, 1.807) is 0 Å². The Hall–Kier alpha value is -2.64. The molecule has 0 aliphatic heterocycles. The van der Waals surface area contributed by atoms with E-state index in [2.05, 4.69) is 91.8 Å². The van der Waals surface area contributed by atoms with E-state index in [1.807, 2.05) is 0 Å². The van der Waals surface area contributed by atoms with Crippen LogP contribution >= 0.6 is 0 Å². The summed E-state index contributed by atoms with van der Waals surface area (Å²) in [4.78, 5) is 0. The molecule has 260 valence electrons. The molecular formula is C48H68. The third kappa shape index (κ3) is 12.4. The van der Waals surface area contributed by atoms with E-state index < -0.39 is 10.8 Å². The fraction of sp³-hybridized carbons (Fsp3) is 0.750. The smallest absolute Gasteiger partial charge is 0.103 e. The van der Waals surface area contributed by atoms with Gasteiger partial charge in [-0.1, -0.05) is 140 Å². The predicted octanol–water partition coefficient (Wildman–Crippen LogP) is 12.9. The summed E-state index contributed by atoms with van der Waals surface area (Å²) < 4.78 is 0. The van der Waals surface area contributed by atoms with Crippen molar-refractivity contribution in [2.45, 2.75) is 201 Å². The molecule has 0 saturated heterocycles. The van der Waals surface area contributed by atoms with Gasteiger partial charge in [-0.3, -0.25) is 0 Å². The van der Waals surface area contributed by atoms with Crippen LogP contribution in [0.4, 0.5) is 0 Å². The minimum Gasteiger partial charge on any atom is -0.103 e. The van der Waals surface area contributed by atoms with Gasteiger partial charge in [0, 0.05) is 56.3 Å². The van der Waals surface area contributed by atoms with Crippen LogP contribution in [0.25, 0.3) is 0 Å². The van der Waals surface area contributed by atoms with Gasteiger partial charge in [-0.2, -0.15) is 0 Å². The molecule has 0 fully saturated rings. The molecule has 0 bridgehead atoms. The molecule has 48 heavy (non-hydrogen) atoms. The van der Waals surface area contributed by atoms with E-state index in [-0.39, 0.29) is 17.8 Å². The van der Waals surface area contributed by atoms with Crippen LogP contribution in [0, 0.1) is 99.6 Å². The summed E-state index contributed by atoms with van der Waals surface area (Å²) in [6.07, 6.45) is 32.0. The SMILES string of the molecule is CCCCCC#CC1CCCCC#CC(C#CCCCCCCC)(C2C#CCCCCC2)C1(C#CCCCCCC)C1C#CCCCC1. The highest BCUT2D eigenvalue weighted by Crippen LogP contribution is 2.58. The third-order valence-corrected chi connectivity index (χ3v) is 10.8. The van der Waals surface area contributed by atoms with Crippen molar-refractivity contribution in [3.8, 4) is 71.0 Å². The third-order valence-electron chi connectivity index (χ3n) is 10.8. The minimum atomic E-state index is -0.659. The van der Waals surface area contributed by atoms with Crippen molar-refractivity contribution in [2.75, 3.05) is 0 Å². The summed E-state index contributed by atoms with van der Waals surface area (Å²) in [5, 5.41) is 0. The van der Waals surface area contributed by atoms with Gasteiger partial charge < -0.3 is 0 Å². The van der Waals surface area contributed by atoms with Crippen molar-refractivity contribution in [3.63, 3.8) is 0 Å². The van der Waals surface area contributed by atoms with Gasteiger partial charge >= 0.3 is 0 Å². The highest BCUT2D eigenvalue weighted by Gasteiger charge is 2.61. The lowest BCUT2D eigenvalue weighted by atomic mass is 9.47. The van der Waals surface area contributed by atoms with Crippen molar-refractivity contribution < 1.29 is 0 Å². The molecule has 0 aromatic carbocycles. The van der Waals surface area contributed by atoms with Crippen LogP contribution in [0.15, 0.2) is 0 Å². The van der Waals surface area contributed by atoms with Crippen LogP contribution in [0.5, 0.6) is 0 Å². The van der Waals surface area contributed by atoms with Crippen LogP contribution in [0.3, 0.4) is 0 Å². The molecule has 0 amide bonds. The van der Waals surface area contributed by atoms with Gasteiger partial charge in [0.1, 0.15) is 5.41 Å². The molecule has 0 aromatic heterocycles. The Morgan fingerprint density at radius 3 is 1.77 bits per heavy atom. The Kier molecular flexibility index (Phi) is 20.3. The maximum atomic E-state index is 4.17. The lowest BCUT2D eigenvalue weighted by Crippen LogP contribution is -2.53. The second-order valence-electron chi connectivity index (χ2n) is 14.7.